The minimum Gasteiger partial charge on any atom is -0.398 e. The van der Waals surface area contributed by atoms with Crippen molar-refractivity contribution < 1.29 is 13.5 Å². The Morgan fingerprint density at radius 3 is 2.47 bits per heavy atom. The molecule has 0 spiro atoms. The Bertz CT molecular complexity index is 512. The van der Waals surface area contributed by atoms with Crippen LogP contribution >= 0.6 is 0 Å². The maximum Gasteiger partial charge on any atom is 0.243 e. The topological polar surface area (TPSA) is 83.6 Å². The minimum atomic E-state index is -3.58. The van der Waals surface area contributed by atoms with Crippen LogP contribution in [0.15, 0.2) is 17.0 Å². The summed E-state index contributed by atoms with van der Waals surface area (Å²) in [5.41, 5.74) is 7.56. The second-order valence-corrected chi connectivity index (χ2v) is 6.04. The zero-order valence-electron chi connectivity index (χ0n) is 10.3. The van der Waals surface area contributed by atoms with Gasteiger partial charge >= 0.3 is 0 Å². The Balaban J connectivity index is 3.33. The van der Waals surface area contributed by atoms with E-state index in [2.05, 4.69) is 0 Å². The molecule has 0 aliphatic rings. The van der Waals surface area contributed by atoms with E-state index >= 15 is 0 Å². The number of hydrogen-bond acceptors (Lipinski definition) is 4. The average molecular weight is 258 g/mol. The van der Waals surface area contributed by atoms with E-state index in [4.69, 9.17) is 10.8 Å². The summed E-state index contributed by atoms with van der Waals surface area (Å²) in [5, 5.41) is 8.79. The van der Waals surface area contributed by atoms with Crippen LogP contribution in [-0.2, 0) is 10.0 Å². The Morgan fingerprint density at radius 2 is 1.94 bits per heavy atom. The van der Waals surface area contributed by atoms with E-state index in [9.17, 15) is 8.42 Å². The number of aliphatic hydroxyl groups excluding tert-OH is 1. The van der Waals surface area contributed by atoms with Gasteiger partial charge in [0.05, 0.1) is 11.5 Å². The van der Waals surface area contributed by atoms with E-state index in [1.54, 1.807) is 26.0 Å². The molecule has 0 radical (unpaired) electrons. The molecule has 0 amide bonds. The van der Waals surface area contributed by atoms with Gasteiger partial charge in [-0.05, 0) is 37.1 Å². The fourth-order valence-corrected chi connectivity index (χ4v) is 3.05. The summed E-state index contributed by atoms with van der Waals surface area (Å²) >= 11 is 0. The van der Waals surface area contributed by atoms with E-state index in [-0.39, 0.29) is 18.0 Å². The van der Waals surface area contributed by atoms with Crippen LogP contribution in [0.25, 0.3) is 0 Å². The first kappa shape index (κ1) is 14.0. The number of rotatable bonds is 4. The number of hydrogen-bond donors (Lipinski definition) is 2. The average Bonchev–Trinajstić information content (AvgIpc) is 2.23. The summed E-state index contributed by atoms with van der Waals surface area (Å²) in [7, 11) is -2.15. The van der Waals surface area contributed by atoms with Crippen molar-refractivity contribution in [2.75, 3.05) is 25.9 Å². The van der Waals surface area contributed by atoms with Crippen molar-refractivity contribution in [2.24, 2.45) is 0 Å². The molecule has 0 unspecified atom stereocenters. The summed E-state index contributed by atoms with van der Waals surface area (Å²) in [4.78, 5) is 0.200. The van der Waals surface area contributed by atoms with Gasteiger partial charge in [-0.1, -0.05) is 0 Å². The van der Waals surface area contributed by atoms with Crippen molar-refractivity contribution >= 4 is 15.7 Å². The van der Waals surface area contributed by atoms with E-state index in [0.29, 0.717) is 11.3 Å². The molecule has 0 atom stereocenters. The molecule has 1 rings (SSSR count). The van der Waals surface area contributed by atoms with Gasteiger partial charge in [-0.25, -0.2) is 8.42 Å². The number of aryl methyl sites for hydroxylation is 1. The highest BCUT2D eigenvalue weighted by molar-refractivity contribution is 7.89. The Labute approximate surface area is 102 Å². The second kappa shape index (κ2) is 5.03. The summed E-state index contributed by atoms with van der Waals surface area (Å²) in [6, 6.07) is 3.33. The van der Waals surface area contributed by atoms with Gasteiger partial charge in [0.1, 0.15) is 0 Å². The van der Waals surface area contributed by atoms with Gasteiger partial charge in [0.2, 0.25) is 10.0 Å². The first-order valence-corrected chi connectivity index (χ1v) is 6.68. The van der Waals surface area contributed by atoms with Crippen LogP contribution < -0.4 is 5.73 Å². The molecule has 0 fully saturated rings. The molecule has 0 aliphatic heterocycles. The molecule has 6 heteroatoms. The third-order valence-corrected chi connectivity index (χ3v) is 4.63. The molecule has 1 aromatic rings. The minimum absolute atomic E-state index is 0.0651. The first-order chi connectivity index (χ1) is 7.80. The van der Waals surface area contributed by atoms with Gasteiger partial charge in [-0.15, -0.1) is 0 Å². The maximum absolute atomic E-state index is 12.2. The monoisotopic (exact) mass is 258 g/mol. The molecule has 5 nitrogen and oxygen atoms in total. The quantitative estimate of drug-likeness (QED) is 0.770. The number of benzene rings is 1. The standard InChI is InChI=1S/C11H18N2O3S/c1-8-6-10(12)9(2)11(7-8)17(15,16)13(3)4-5-14/h6-7,14H,4-5,12H2,1-3H3. The zero-order valence-corrected chi connectivity index (χ0v) is 11.1. The highest BCUT2D eigenvalue weighted by Crippen LogP contribution is 2.25. The molecule has 0 saturated carbocycles. The number of nitrogen functional groups attached to an aromatic ring is 1. The van der Waals surface area contributed by atoms with Crippen LogP contribution in [0.5, 0.6) is 0 Å². The maximum atomic E-state index is 12.2. The van der Waals surface area contributed by atoms with Crippen LogP contribution in [-0.4, -0.2) is 38.0 Å². The molecule has 0 saturated heterocycles. The van der Waals surface area contributed by atoms with Crippen LogP contribution in [0.4, 0.5) is 5.69 Å². The van der Waals surface area contributed by atoms with E-state index in [0.717, 1.165) is 9.87 Å². The zero-order chi connectivity index (χ0) is 13.2. The van der Waals surface area contributed by atoms with Crippen LogP contribution in [0.3, 0.4) is 0 Å². The predicted molar refractivity (Wildman–Crippen MR) is 67.2 cm³/mol. The van der Waals surface area contributed by atoms with Crippen molar-refractivity contribution in [1.29, 1.82) is 0 Å². The van der Waals surface area contributed by atoms with Gasteiger partial charge in [-0.2, -0.15) is 4.31 Å². The normalized spacial score (nSPS) is 12.1. The molecule has 0 aliphatic carbocycles. The van der Waals surface area contributed by atoms with Crippen molar-refractivity contribution in [3.05, 3.63) is 23.3 Å². The van der Waals surface area contributed by atoms with Crippen molar-refractivity contribution in [1.82, 2.24) is 4.31 Å². The summed E-state index contributed by atoms with van der Waals surface area (Å²) < 4.78 is 25.5. The molecule has 1 aromatic carbocycles. The molecular weight excluding hydrogens is 240 g/mol. The summed E-state index contributed by atoms with van der Waals surface area (Å²) in [5.74, 6) is 0. The Morgan fingerprint density at radius 1 is 1.35 bits per heavy atom. The lowest BCUT2D eigenvalue weighted by molar-refractivity contribution is 0.266. The third-order valence-electron chi connectivity index (χ3n) is 2.65. The lowest BCUT2D eigenvalue weighted by Gasteiger charge is -2.18. The van der Waals surface area contributed by atoms with Gasteiger partial charge in [-0.3, -0.25) is 0 Å². The second-order valence-electron chi connectivity index (χ2n) is 4.03. The highest BCUT2D eigenvalue weighted by Gasteiger charge is 2.23. The van der Waals surface area contributed by atoms with Crippen LogP contribution in [0, 0.1) is 13.8 Å². The lowest BCUT2D eigenvalue weighted by atomic mass is 10.1. The van der Waals surface area contributed by atoms with Crippen molar-refractivity contribution in [3.8, 4) is 0 Å². The van der Waals surface area contributed by atoms with E-state index in [1.807, 2.05) is 0 Å². The molecule has 0 heterocycles. The van der Waals surface area contributed by atoms with Gasteiger partial charge in [0, 0.05) is 19.3 Å². The predicted octanol–water partition coefficient (Wildman–Crippen LogP) is 0.498. The third kappa shape index (κ3) is 2.77. The number of nitrogens with two attached hydrogens (primary N) is 1. The van der Waals surface area contributed by atoms with Crippen molar-refractivity contribution in [3.63, 3.8) is 0 Å². The number of aliphatic hydroxyl groups is 1. The molecular formula is C11H18N2O3S. The Kier molecular flexibility index (Phi) is 4.13. The SMILES string of the molecule is Cc1cc(N)c(C)c(S(=O)(=O)N(C)CCO)c1. The molecule has 96 valence electrons. The molecule has 17 heavy (non-hydrogen) atoms. The first-order valence-electron chi connectivity index (χ1n) is 5.24. The van der Waals surface area contributed by atoms with E-state index < -0.39 is 10.0 Å². The van der Waals surface area contributed by atoms with Gasteiger partial charge in [0.15, 0.2) is 0 Å². The lowest BCUT2D eigenvalue weighted by Crippen LogP contribution is -2.30. The fourth-order valence-electron chi connectivity index (χ4n) is 1.55. The largest absolute Gasteiger partial charge is 0.398 e. The van der Waals surface area contributed by atoms with E-state index in [1.165, 1.54) is 7.05 Å². The number of anilines is 1. The van der Waals surface area contributed by atoms with Crippen LogP contribution in [0.1, 0.15) is 11.1 Å². The van der Waals surface area contributed by atoms with Gasteiger partial charge < -0.3 is 10.8 Å². The molecule has 0 aromatic heterocycles. The Hall–Kier alpha value is -1.11. The van der Waals surface area contributed by atoms with Gasteiger partial charge in [0.25, 0.3) is 0 Å². The number of nitrogens with zero attached hydrogens (tertiary/aromatic N) is 1. The molecule has 0 bridgehead atoms. The summed E-state index contributed by atoms with van der Waals surface area (Å²) in [6.07, 6.45) is 0. The van der Waals surface area contributed by atoms with Crippen LogP contribution in [0.2, 0.25) is 0 Å². The fraction of sp³-hybridized carbons (Fsp3) is 0.455. The summed E-state index contributed by atoms with van der Waals surface area (Å²) in [6.45, 7) is 3.32. The highest BCUT2D eigenvalue weighted by atomic mass is 32.2. The number of likely N-dealkylation sites (N-methyl/N-ethyl adjacent to an activating group) is 1. The van der Waals surface area contributed by atoms with Crippen molar-refractivity contribution in [2.45, 2.75) is 18.7 Å². The molecule has 3 N–H and O–H groups in total. The number of sulfonamides is 1. The smallest absolute Gasteiger partial charge is 0.243 e.